The van der Waals surface area contributed by atoms with Crippen LogP contribution in [0.3, 0.4) is 0 Å². The number of H-pyrrole nitrogens is 2. The zero-order chi connectivity index (χ0) is 23.6. The molecule has 178 valence electrons. The van der Waals surface area contributed by atoms with Gasteiger partial charge < -0.3 is 20.6 Å². The molecule has 0 radical (unpaired) electrons. The molecule has 3 aromatic carbocycles. The topological polar surface area (TPSA) is 94.3 Å². The number of fused-ring (bicyclic) bond motifs is 6. The maximum absolute atomic E-state index is 4.98. The van der Waals surface area contributed by atoms with Crippen molar-refractivity contribution in [3.63, 3.8) is 0 Å². The fraction of sp³-hybridized carbons (Fsp3) is 0.276. The predicted octanol–water partition coefficient (Wildman–Crippen LogP) is 5.66. The van der Waals surface area contributed by atoms with Gasteiger partial charge in [-0.3, -0.25) is 0 Å². The van der Waals surface area contributed by atoms with Crippen molar-refractivity contribution in [2.45, 2.75) is 37.8 Å². The molecular formula is C29H27N7. The number of benzene rings is 3. The van der Waals surface area contributed by atoms with Crippen molar-refractivity contribution in [2.24, 2.45) is 0 Å². The van der Waals surface area contributed by atoms with Crippen LogP contribution >= 0.6 is 0 Å². The summed E-state index contributed by atoms with van der Waals surface area (Å²) in [4.78, 5) is 21.9. The number of hydrogen-bond acceptors (Lipinski definition) is 5. The monoisotopic (exact) mass is 473 g/mol. The van der Waals surface area contributed by atoms with Crippen LogP contribution in [-0.4, -0.2) is 38.0 Å². The van der Waals surface area contributed by atoms with Gasteiger partial charge in [-0.1, -0.05) is 18.2 Å². The van der Waals surface area contributed by atoms with Crippen LogP contribution < -0.4 is 10.6 Å². The third-order valence-electron chi connectivity index (χ3n) is 7.90. The molecule has 2 saturated heterocycles. The van der Waals surface area contributed by atoms with Gasteiger partial charge in [0.2, 0.25) is 0 Å². The van der Waals surface area contributed by atoms with Gasteiger partial charge in [0.05, 0.1) is 28.6 Å². The summed E-state index contributed by atoms with van der Waals surface area (Å²) in [6.45, 7) is 2.11. The summed E-state index contributed by atoms with van der Waals surface area (Å²) in [6.07, 6.45) is 4.64. The molecule has 0 bridgehead atoms. The average Bonchev–Trinajstić information content (AvgIpc) is 3.73. The molecule has 5 heterocycles. The van der Waals surface area contributed by atoms with E-state index in [1.807, 2.05) is 0 Å². The Morgan fingerprint density at radius 1 is 0.667 bits per heavy atom. The summed E-state index contributed by atoms with van der Waals surface area (Å²) in [5.74, 6) is 1.97. The second-order valence-corrected chi connectivity index (χ2v) is 10.2. The molecule has 8 rings (SSSR count). The molecule has 2 aliphatic heterocycles. The SMILES string of the molecule is c1cc2c(ccc3[nH]c([C@@H]4CCCN4)nc32)cc1-c1ccc2c(ccc3nc([C@@H]4CCCN4)nc32)[nH]1. The van der Waals surface area contributed by atoms with E-state index in [1.165, 1.54) is 23.6 Å². The predicted molar refractivity (Wildman–Crippen MR) is 144 cm³/mol. The average molecular weight is 474 g/mol. The number of pyridine rings is 1. The molecule has 4 N–H and O–H groups in total. The summed E-state index contributed by atoms with van der Waals surface area (Å²) >= 11 is 0. The van der Waals surface area contributed by atoms with E-state index >= 15 is 0 Å². The van der Waals surface area contributed by atoms with E-state index < -0.39 is 0 Å². The van der Waals surface area contributed by atoms with Crippen LogP contribution in [0, 0.1) is 0 Å². The third-order valence-corrected chi connectivity index (χ3v) is 7.90. The zero-order valence-electron chi connectivity index (χ0n) is 19.9. The molecule has 7 heteroatoms. The lowest BCUT2D eigenvalue weighted by Gasteiger charge is -2.08. The molecular weight excluding hydrogens is 446 g/mol. The Kier molecular flexibility index (Phi) is 4.44. The molecule has 0 saturated carbocycles. The highest BCUT2D eigenvalue weighted by Crippen LogP contribution is 2.32. The standard InChI is InChI=1S/C29H27N7/c1-3-24(30-13-1)28-33-22-9-6-16-15-17(5-7-18(16)26(22)35-28)20-10-8-19-21(32-20)11-12-23-27(19)36-29(34-23)25-4-2-14-31-25/h5-12,15,24-25,30-32H,1-4,13-14H2,(H,33,35)/t24-,25-/m0/s1. The number of aromatic amines is 2. The van der Waals surface area contributed by atoms with E-state index in [-0.39, 0.29) is 6.04 Å². The van der Waals surface area contributed by atoms with Crippen LogP contribution in [0.1, 0.15) is 49.4 Å². The molecule has 2 atom stereocenters. The second kappa shape index (κ2) is 7.85. The largest absolute Gasteiger partial charge is 0.354 e. The van der Waals surface area contributed by atoms with Crippen LogP contribution in [-0.2, 0) is 0 Å². The summed E-state index contributed by atoms with van der Waals surface area (Å²) < 4.78 is 0. The summed E-state index contributed by atoms with van der Waals surface area (Å²) in [6, 6.07) is 20.1. The van der Waals surface area contributed by atoms with Gasteiger partial charge in [0.15, 0.2) is 0 Å². The first-order chi connectivity index (χ1) is 17.8. The van der Waals surface area contributed by atoms with Crippen molar-refractivity contribution in [3.8, 4) is 11.3 Å². The van der Waals surface area contributed by atoms with Crippen molar-refractivity contribution >= 4 is 43.7 Å². The maximum atomic E-state index is 4.98. The molecule has 2 fully saturated rings. The molecule has 2 aliphatic rings. The zero-order valence-corrected chi connectivity index (χ0v) is 19.9. The molecule has 0 aliphatic carbocycles. The van der Waals surface area contributed by atoms with Crippen molar-refractivity contribution < 1.29 is 0 Å². The molecule has 3 aromatic heterocycles. The van der Waals surface area contributed by atoms with Gasteiger partial charge in [-0.2, -0.15) is 0 Å². The summed E-state index contributed by atoms with van der Waals surface area (Å²) in [5.41, 5.74) is 7.40. The van der Waals surface area contributed by atoms with E-state index in [2.05, 4.69) is 75.2 Å². The minimum Gasteiger partial charge on any atom is -0.354 e. The van der Waals surface area contributed by atoms with E-state index in [9.17, 15) is 0 Å². The Morgan fingerprint density at radius 3 is 2.36 bits per heavy atom. The minimum atomic E-state index is 0.278. The third kappa shape index (κ3) is 3.16. The number of rotatable bonds is 3. The van der Waals surface area contributed by atoms with Gasteiger partial charge >= 0.3 is 0 Å². The lowest BCUT2D eigenvalue weighted by Crippen LogP contribution is -2.13. The van der Waals surface area contributed by atoms with Gasteiger partial charge in [0, 0.05) is 22.0 Å². The first kappa shape index (κ1) is 20.4. The highest BCUT2D eigenvalue weighted by atomic mass is 15.0. The van der Waals surface area contributed by atoms with Crippen LogP contribution in [0.25, 0.3) is 55.0 Å². The van der Waals surface area contributed by atoms with Crippen molar-refractivity contribution in [1.82, 2.24) is 35.6 Å². The van der Waals surface area contributed by atoms with Crippen molar-refractivity contribution in [3.05, 3.63) is 66.2 Å². The summed E-state index contributed by atoms with van der Waals surface area (Å²) in [7, 11) is 0. The number of nitrogens with zero attached hydrogens (tertiary/aromatic N) is 3. The van der Waals surface area contributed by atoms with Gasteiger partial charge in [-0.15, -0.1) is 0 Å². The first-order valence-electron chi connectivity index (χ1n) is 13.0. The first-order valence-corrected chi connectivity index (χ1v) is 13.0. The van der Waals surface area contributed by atoms with Crippen molar-refractivity contribution in [2.75, 3.05) is 13.1 Å². The molecule has 0 amide bonds. The minimum absolute atomic E-state index is 0.278. The van der Waals surface area contributed by atoms with Crippen LogP contribution in [0.5, 0.6) is 0 Å². The fourth-order valence-electron chi connectivity index (χ4n) is 6.00. The Balaban J connectivity index is 1.19. The number of aromatic nitrogens is 5. The molecule has 0 unspecified atom stereocenters. The maximum Gasteiger partial charge on any atom is 0.146 e. The molecule has 7 nitrogen and oxygen atoms in total. The highest BCUT2D eigenvalue weighted by molar-refractivity contribution is 6.06. The Labute approximate surface area is 207 Å². The number of hydrogen-bond donors (Lipinski definition) is 4. The van der Waals surface area contributed by atoms with Gasteiger partial charge in [0.1, 0.15) is 17.2 Å². The van der Waals surface area contributed by atoms with Gasteiger partial charge in [-0.25, -0.2) is 15.0 Å². The lowest BCUT2D eigenvalue weighted by atomic mass is 10.0. The molecule has 36 heavy (non-hydrogen) atoms. The Morgan fingerprint density at radius 2 is 1.50 bits per heavy atom. The van der Waals surface area contributed by atoms with E-state index in [1.54, 1.807) is 0 Å². The van der Waals surface area contributed by atoms with E-state index in [0.29, 0.717) is 6.04 Å². The Bertz CT molecular complexity index is 1640. The van der Waals surface area contributed by atoms with Crippen LogP contribution in [0.15, 0.2) is 54.6 Å². The smallest absolute Gasteiger partial charge is 0.146 e. The summed E-state index contributed by atoms with van der Waals surface area (Å²) in [5, 5.41) is 10.5. The lowest BCUT2D eigenvalue weighted by molar-refractivity contribution is 0.614. The van der Waals surface area contributed by atoms with E-state index in [4.69, 9.17) is 15.0 Å². The Hall–Kier alpha value is -3.81. The quantitative estimate of drug-likeness (QED) is 0.266. The molecule has 0 spiro atoms. The van der Waals surface area contributed by atoms with Gasteiger partial charge in [0.25, 0.3) is 0 Å². The molecule has 6 aromatic rings. The number of imidazole rings is 2. The van der Waals surface area contributed by atoms with Crippen LogP contribution in [0.4, 0.5) is 0 Å². The fourth-order valence-corrected chi connectivity index (χ4v) is 6.00. The normalized spacial score (nSPS) is 20.4. The second-order valence-electron chi connectivity index (χ2n) is 10.2. The van der Waals surface area contributed by atoms with Gasteiger partial charge in [-0.05, 0) is 86.1 Å². The van der Waals surface area contributed by atoms with Crippen LogP contribution in [0.2, 0.25) is 0 Å². The van der Waals surface area contributed by atoms with E-state index in [0.717, 1.165) is 81.8 Å². The number of nitrogens with one attached hydrogen (secondary N) is 4. The highest BCUT2D eigenvalue weighted by Gasteiger charge is 2.22. The van der Waals surface area contributed by atoms with Crippen molar-refractivity contribution in [1.29, 1.82) is 0 Å².